The molecular weight excluding hydrogens is 226 g/mol. The van der Waals surface area contributed by atoms with Crippen LogP contribution in [0.4, 0.5) is 0 Å². The maximum absolute atomic E-state index is 10.3. The van der Waals surface area contributed by atoms with Crippen LogP contribution in [-0.2, 0) is 5.54 Å². The molecule has 18 heavy (non-hydrogen) atoms. The van der Waals surface area contributed by atoms with Crippen molar-refractivity contribution in [1.29, 1.82) is 0 Å². The molecule has 0 aliphatic carbocycles. The van der Waals surface area contributed by atoms with Crippen LogP contribution in [0, 0.1) is 0 Å². The van der Waals surface area contributed by atoms with E-state index in [4.69, 9.17) is 0 Å². The van der Waals surface area contributed by atoms with Crippen molar-refractivity contribution in [3.63, 3.8) is 0 Å². The molecule has 2 rings (SSSR count). The Kier molecular flexibility index (Phi) is 3.66. The number of unbranched alkanes of at least 4 members (excludes halogenated alkanes) is 1. The normalized spacial score (nSPS) is 14.0. The molecule has 0 spiro atoms. The number of aliphatic hydroxyl groups is 1. The lowest BCUT2D eigenvalue weighted by Crippen LogP contribution is -2.41. The molecule has 0 fully saturated rings. The molecule has 4 heteroatoms. The molecular formula is C14H21N3O. The van der Waals surface area contributed by atoms with Gasteiger partial charge in [-0.3, -0.25) is 0 Å². The summed E-state index contributed by atoms with van der Waals surface area (Å²) in [5.41, 5.74) is 1.26. The Balaban J connectivity index is 2.27. The molecule has 0 aliphatic heterocycles. The summed E-state index contributed by atoms with van der Waals surface area (Å²) in [6.45, 7) is 6.08. The van der Waals surface area contributed by atoms with Crippen molar-refractivity contribution < 1.29 is 5.11 Å². The Morgan fingerprint density at radius 2 is 1.78 bits per heavy atom. The van der Waals surface area contributed by atoms with Gasteiger partial charge in [-0.05, 0) is 32.4 Å². The molecule has 1 aromatic heterocycles. The lowest BCUT2D eigenvalue weighted by Gasteiger charge is -2.29. The summed E-state index contributed by atoms with van der Waals surface area (Å²) in [6, 6.07) is 7.77. The van der Waals surface area contributed by atoms with E-state index in [-0.39, 0.29) is 0 Å². The van der Waals surface area contributed by atoms with Crippen LogP contribution < -0.4 is 0 Å². The fourth-order valence-electron chi connectivity index (χ4n) is 2.00. The van der Waals surface area contributed by atoms with Crippen LogP contribution in [0.3, 0.4) is 0 Å². The monoisotopic (exact) mass is 247 g/mol. The van der Waals surface area contributed by atoms with Crippen molar-refractivity contribution in [2.45, 2.75) is 51.7 Å². The fourth-order valence-corrected chi connectivity index (χ4v) is 2.00. The Morgan fingerprint density at radius 1 is 1.22 bits per heavy atom. The number of aliphatic hydroxyl groups excluding tert-OH is 1. The maximum Gasteiger partial charge on any atom is 0.113 e. The van der Waals surface area contributed by atoms with Crippen molar-refractivity contribution >= 4 is 11.0 Å². The van der Waals surface area contributed by atoms with E-state index < -0.39 is 11.6 Å². The van der Waals surface area contributed by atoms with Crippen LogP contribution in [-0.4, -0.2) is 26.2 Å². The first kappa shape index (κ1) is 13.0. The lowest BCUT2D eigenvalue weighted by molar-refractivity contribution is 0.0324. The van der Waals surface area contributed by atoms with Crippen LogP contribution in [0.1, 0.15) is 40.0 Å². The zero-order valence-corrected chi connectivity index (χ0v) is 11.3. The van der Waals surface area contributed by atoms with Crippen molar-refractivity contribution in [1.82, 2.24) is 15.0 Å². The SMILES string of the molecule is CCCCC(O)C(C)(C)n1nc2ccccc2n1. The first-order valence-electron chi connectivity index (χ1n) is 6.56. The van der Waals surface area contributed by atoms with Crippen LogP contribution in [0.5, 0.6) is 0 Å². The lowest BCUT2D eigenvalue weighted by atomic mass is 9.94. The highest BCUT2D eigenvalue weighted by Crippen LogP contribution is 2.23. The van der Waals surface area contributed by atoms with Gasteiger partial charge in [0.15, 0.2) is 0 Å². The second-order valence-electron chi connectivity index (χ2n) is 5.29. The summed E-state index contributed by atoms with van der Waals surface area (Å²) >= 11 is 0. The van der Waals surface area contributed by atoms with E-state index in [2.05, 4.69) is 17.1 Å². The van der Waals surface area contributed by atoms with Crippen LogP contribution in [0.2, 0.25) is 0 Å². The summed E-state index contributed by atoms with van der Waals surface area (Å²) in [5, 5.41) is 19.2. The Labute approximate surface area is 108 Å². The molecule has 0 saturated heterocycles. The van der Waals surface area contributed by atoms with E-state index in [0.29, 0.717) is 0 Å². The van der Waals surface area contributed by atoms with Crippen LogP contribution in [0.15, 0.2) is 24.3 Å². The van der Waals surface area contributed by atoms with E-state index in [1.165, 1.54) is 0 Å². The average molecular weight is 247 g/mol. The first-order chi connectivity index (χ1) is 8.55. The molecule has 0 aliphatic rings. The molecule has 0 bridgehead atoms. The smallest absolute Gasteiger partial charge is 0.113 e. The predicted octanol–water partition coefficient (Wildman–Crippen LogP) is 2.72. The molecule has 98 valence electrons. The molecule has 2 aromatic rings. The summed E-state index contributed by atoms with van der Waals surface area (Å²) in [5.74, 6) is 0. The number of rotatable bonds is 5. The zero-order valence-electron chi connectivity index (χ0n) is 11.3. The summed E-state index contributed by atoms with van der Waals surface area (Å²) in [6.07, 6.45) is 2.45. The van der Waals surface area contributed by atoms with Crippen molar-refractivity contribution in [2.24, 2.45) is 0 Å². The van der Waals surface area contributed by atoms with Crippen LogP contribution >= 0.6 is 0 Å². The third-order valence-corrected chi connectivity index (χ3v) is 3.45. The molecule has 0 radical (unpaired) electrons. The van der Waals surface area contributed by atoms with Gasteiger partial charge in [0.2, 0.25) is 0 Å². The average Bonchev–Trinajstić information content (AvgIpc) is 2.80. The molecule has 0 amide bonds. The standard InChI is InChI=1S/C14H21N3O/c1-4-5-10-13(18)14(2,3)17-15-11-8-6-7-9-12(11)16-17/h6-9,13,18H,4-5,10H2,1-3H3. The van der Waals surface area contributed by atoms with E-state index in [0.717, 1.165) is 30.3 Å². The Morgan fingerprint density at radius 3 is 2.28 bits per heavy atom. The largest absolute Gasteiger partial charge is 0.391 e. The van der Waals surface area contributed by atoms with Crippen molar-refractivity contribution in [3.05, 3.63) is 24.3 Å². The van der Waals surface area contributed by atoms with E-state index in [1.807, 2.05) is 38.1 Å². The van der Waals surface area contributed by atoms with Gasteiger partial charge >= 0.3 is 0 Å². The van der Waals surface area contributed by atoms with Crippen molar-refractivity contribution in [3.8, 4) is 0 Å². The maximum atomic E-state index is 10.3. The predicted molar refractivity (Wildman–Crippen MR) is 72.4 cm³/mol. The van der Waals surface area contributed by atoms with Gasteiger partial charge in [0.1, 0.15) is 16.6 Å². The zero-order chi connectivity index (χ0) is 13.2. The summed E-state index contributed by atoms with van der Waals surface area (Å²) in [4.78, 5) is 1.65. The number of hydrogen-bond acceptors (Lipinski definition) is 3. The van der Waals surface area contributed by atoms with Gasteiger partial charge in [0.25, 0.3) is 0 Å². The quantitative estimate of drug-likeness (QED) is 0.883. The Hall–Kier alpha value is -1.42. The molecule has 4 nitrogen and oxygen atoms in total. The van der Waals surface area contributed by atoms with E-state index in [1.54, 1.807) is 4.80 Å². The summed E-state index contributed by atoms with van der Waals surface area (Å²) in [7, 11) is 0. The molecule has 1 N–H and O–H groups in total. The minimum absolute atomic E-state index is 0.431. The van der Waals surface area contributed by atoms with E-state index in [9.17, 15) is 5.11 Å². The van der Waals surface area contributed by atoms with E-state index >= 15 is 0 Å². The number of benzene rings is 1. The summed E-state index contributed by atoms with van der Waals surface area (Å²) < 4.78 is 0. The van der Waals surface area contributed by atoms with Crippen LogP contribution in [0.25, 0.3) is 11.0 Å². The third kappa shape index (κ3) is 2.38. The highest BCUT2D eigenvalue weighted by molar-refractivity contribution is 5.73. The van der Waals surface area contributed by atoms with Gasteiger partial charge in [-0.15, -0.1) is 0 Å². The van der Waals surface area contributed by atoms with Gasteiger partial charge in [-0.1, -0.05) is 31.9 Å². The molecule has 1 aromatic carbocycles. The minimum atomic E-state index is -0.478. The molecule has 1 atom stereocenters. The second-order valence-corrected chi connectivity index (χ2v) is 5.29. The minimum Gasteiger partial charge on any atom is -0.391 e. The number of hydrogen-bond donors (Lipinski definition) is 1. The highest BCUT2D eigenvalue weighted by Gasteiger charge is 2.31. The third-order valence-electron chi connectivity index (χ3n) is 3.45. The first-order valence-corrected chi connectivity index (χ1v) is 6.56. The van der Waals surface area contributed by atoms with Gasteiger partial charge in [-0.25, -0.2) is 0 Å². The molecule has 1 unspecified atom stereocenters. The van der Waals surface area contributed by atoms with Gasteiger partial charge in [-0.2, -0.15) is 15.0 Å². The topological polar surface area (TPSA) is 50.9 Å². The molecule has 1 heterocycles. The molecule has 0 saturated carbocycles. The number of nitrogens with zero attached hydrogens (tertiary/aromatic N) is 3. The highest BCUT2D eigenvalue weighted by atomic mass is 16.3. The number of fused-ring (bicyclic) bond motifs is 1. The van der Waals surface area contributed by atoms with Gasteiger partial charge < -0.3 is 5.11 Å². The van der Waals surface area contributed by atoms with Gasteiger partial charge in [0.05, 0.1) is 6.10 Å². The fraction of sp³-hybridized carbons (Fsp3) is 0.571. The van der Waals surface area contributed by atoms with Gasteiger partial charge in [0, 0.05) is 0 Å². The Bertz CT molecular complexity index is 485. The number of aromatic nitrogens is 3. The van der Waals surface area contributed by atoms with Crippen molar-refractivity contribution in [2.75, 3.05) is 0 Å². The second kappa shape index (κ2) is 5.06.